The van der Waals surface area contributed by atoms with Crippen molar-refractivity contribution >= 4 is 65.2 Å². The van der Waals surface area contributed by atoms with Crippen molar-refractivity contribution in [3.63, 3.8) is 0 Å². The standard InChI is InChI=1S/C59H37N5/c1-3-16-38(17-4-1)39-30-32-40(33-31-39)57-60-58(62-59(61-57)50-27-15-26-48-46-24-11-13-28-52(46)63(56(48)50)43-20-5-2-6-21-43)49-34-35-54(45-23-10-9-22-44(45)49)64-53-29-14-12-25-47(53)51-36-41-18-7-8-19-42(41)37-55(51)64/h1-37H. The minimum absolute atomic E-state index is 0.611. The van der Waals surface area contributed by atoms with Gasteiger partial charge in [0.25, 0.3) is 0 Å². The number of para-hydroxylation sites is 4. The summed E-state index contributed by atoms with van der Waals surface area (Å²) in [5, 5.41) is 9.38. The summed E-state index contributed by atoms with van der Waals surface area (Å²) in [5.41, 5.74) is 11.8. The summed E-state index contributed by atoms with van der Waals surface area (Å²) in [6.45, 7) is 0. The van der Waals surface area contributed by atoms with Gasteiger partial charge in [-0.15, -0.1) is 0 Å². The molecule has 298 valence electrons. The van der Waals surface area contributed by atoms with Crippen LogP contribution in [0.5, 0.6) is 0 Å². The van der Waals surface area contributed by atoms with Gasteiger partial charge in [0.1, 0.15) is 0 Å². The molecule has 3 heterocycles. The van der Waals surface area contributed by atoms with Gasteiger partial charge in [-0.2, -0.15) is 0 Å². The van der Waals surface area contributed by atoms with Crippen LogP contribution >= 0.6 is 0 Å². The Bertz CT molecular complexity index is 3940. The summed E-state index contributed by atoms with van der Waals surface area (Å²) in [4.78, 5) is 16.1. The third kappa shape index (κ3) is 5.68. The highest BCUT2D eigenvalue weighted by Gasteiger charge is 2.22. The van der Waals surface area contributed by atoms with Gasteiger partial charge in [-0.1, -0.05) is 170 Å². The number of aromatic nitrogens is 5. The van der Waals surface area contributed by atoms with E-state index in [0.29, 0.717) is 17.5 Å². The van der Waals surface area contributed by atoms with Gasteiger partial charge in [0, 0.05) is 49.3 Å². The highest BCUT2D eigenvalue weighted by molar-refractivity contribution is 6.16. The summed E-state index contributed by atoms with van der Waals surface area (Å²) in [6, 6.07) is 79.8. The lowest BCUT2D eigenvalue weighted by atomic mass is 10.0. The highest BCUT2D eigenvalue weighted by Crippen LogP contribution is 2.41. The van der Waals surface area contributed by atoms with Crippen LogP contribution < -0.4 is 0 Å². The molecule has 13 aromatic rings. The molecule has 5 nitrogen and oxygen atoms in total. The Morgan fingerprint density at radius 2 is 0.812 bits per heavy atom. The monoisotopic (exact) mass is 815 g/mol. The van der Waals surface area contributed by atoms with E-state index in [4.69, 9.17) is 15.0 Å². The minimum Gasteiger partial charge on any atom is -0.309 e. The number of fused-ring (bicyclic) bond motifs is 8. The molecule has 10 aromatic carbocycles. The van der Waals surface area contributed by atoms with Gasteiger partial charge in [-0.25, -0.2) is 15.0 Å². The molecule has 0 radical (unpaired) electrons. The molecule has 0 bridgehead atoms. The van der Waals surface area contributed by atoms with Crippen molar-refractivity contribution in [2.45, 2.75) is 0 Å². The van der Waals surface area contributed by atoms with Crippen LogP contribution in [0.15, 0.2) is 224 Å². The average Bonchev–Trinajstić information content (AvgIpc) is 3.88. The highest BCUT2D eigenvalue weighted by atomic mass is 15.1. The Balaban J connectivity index is 1.06. The van der Waals surface area contributed by atoms with Crippen molar-refractivity contribution in [2.24, 2.45) is 0 Å². The molecule has 0 N–H and O–H groups in total. The Morgan fingerprint density at radius 3 is 1.56 bits per heavy atom. The molecule has 64 heavy (non-hydrogen) atoms. The fourth-order valence-electron chi connectivity index (χ4n) is 9.82. The van der Waals surface area contributed by atoms with Gasteiger partial charge in [0.05, 0.1) is 27.8 Å². The molecule has 0 saturated heterocycles. The van der Waals surface area contributed by atoms with Gasteiger partial charge in [0.2, 0.25) is 0 Å². The van der Waals surface area contributed by atoms with E-state index in [1.807, 2.05) is 6.07 Å². The SMILES string of the molecule is c1ccc(-c2ccc(-c3nc(-c4ccc(-n5c6ccccc6c6cc7ccccc7cc65)c5ccccc45)nc(-c4cccc5c6ccccc6n(-c6ccccc6)c45)n3)cc2)cc1. The van der Waals surface area contributed by atoms with Crippen molar-refractivity contribution in [3.8, 4) is 56.7 Å². The predicted octanol–water partition coefficient (Wildman–Crippen LogP) is 15.0. The van der Waals surface area contributed by atoms with Gasteiger partial charge in [-0.05, 0) is 81.9 Å². The summed E-state index contributed by atoms with van der Waals surface area (Å²) in [5.74, 6) is 1.84. The average molecular weight is 816 g/mol. The quantitative estimate of drug-likeness (QED) is 0.168. The first-order valence-corrected chi connectivity index (χ1v) is 21.7. The number of hydrogen-bond donors (Lipinski definition) is 0. The number of hydrogen-bond acceptors (Lipinski definition) is 3. The van der Waals surface area contributed by atoms with Crippen molar-refractivity contribution in [1.82, 2.24) is 24.1 Å². The maximum atomic E-state index is 5.45. The summed E-state index contributed by atoms with van der Waals surface area (Å²) in [6.07, 6.45) is 0. The second kappa shape index (κ2) is 14.5. The van der Waals surface area contributed by atoms with E-state index in [0.717, 1.165) is 71.9 Å². The molecule has 3 aromatic heterocycles. The zero-order valence-corrected chi connectivity index (χ0v) is 34.6. The molecular formula is C59H37N5. The number of nitrogens with zero attached hydrogens (tertiary/aromatic N) is 5. The summed E-state index contributed by atoms with van der Waals surface area (Å²) >= 11 is 0. The number of benzene rings is 10. The van der Waals surface area contributed by atoms with E-state index >= 15 is 0 Å². The third-order valence-corrected chi connectivity index (χ3v) is 12.8. The Kier molecular flexibility index (Phi) is 8.15. The third-order valence-electron chi connectivity index (χ3n) is 12.8. The van der Waals surface area contributed by atoms with E-state index < -0.39 is 0 Å². The van der Waals surface area contributed by atoms with Crippen LogP contribution in [0.4, 0.5) is 0 Å². The molecule has 13 rings (SSSR count). The Labute approximate surface area is 368 Å². The van der Waals surface area contributed by atoms with Crippen molar-refractivity contribution in [2.75, 3.05) is 0 Å². The fraction of sp³-hybridized carbons (Fsp3) is 0. The smallest absolute Gasteiger partial charge is 0.166 e. The fourth-order valence-corrected chi connectivity index (χ4v) is 9.82. The first-order chi connectivity index (χ1) is 31.7. The lowest BCUT2D eigenvalue weighted by Crippen LogP contribution is -2.03. The normalized spacial score (nSPS) is 11.8. The Hall–Kier alpha value is -8.67. The van der Waals surface area contributed by atoms with E-state index in [9.17, 15) is 0 Å². The minimum atomic E-state index is 0.611. The molecule has 0 aliphatic rings. The van der Waals surface area contributed by atoms with Crippen LogP contribution in [0.25, 0.3) is 122 Å². The van der Waals surface area contributed by atoms with E-state index in [-0.39, 0.29) is 0 Å². The van der Waals surface area contributed by atoms with Crippen LogP contribution in [0.1, 0.15) is 0 Å². The maximum absolute atomic E-state index is 5.45. The molecule has 0 unspecified atom stereocenters. The second-order valence-corrected chi connectivity index (χ2v) is 16.4. The largest absolute Gasteiger partial charge is 0.309 e. The molecule has 5 heteroatoms. The lowest BCUT2D eigenvalue weighted by molar-refractivity contribution is 1.07. The van der Waals surface area contributed by atoms with Crippen molar-refractivity contribution in [3.05, 3.63) is 224 Å². The lowest BCUT2D eigenvalue weighted by Gasteiger charge is -2.16. The maximum Gasteiger partial charge on any atom is 0.166 e. The predicted molar refractivity (Wildman–Crippen MR) is 265 cm³/mol. The van der Waals surface area contributed by atoms with Gasteiger partial charge in [-0.3, -0.25) is 0 Å². The summed E-state index contributed by atoms with van der Waals surface area (Å²) < 4.78 is 4.77. The molecule has 0 amide bonds. The second-order valence-electron chi connectivity index (χ2n) is 16.4. The Morgan fingerprint density at radius 1 is 0.281 bits per heavy atom. The molecular weight excluding hydrogens is 779 g/mol. The zero-order valence-electron chi connectivity index (χ0n) is 34.6. The molecule has 0 spiro atoms. The van der Waals surface area contributed by atoms with Crippen molar-refractivity contribution in [1.29, 1.82) is 0 Å². The van der Waals surface area contributed by atoms with E-state index in [1.54, 1.807) is 0 Å². The molecule has 0 aliphatic carbocycles. The van der Waals surface area contributed by atoms with Crippen LogP contribution in [0, 0.1) is 0 Å². The molecule has 0 aliphatic heterocycles. The summed E-state index contributed by atoms with van der Waals surface area (Å²) in [7, 11) is 0. The van der Waals surface area contributed by atoms with Crippen LogP contribution in [-0.2, 0) is 0 Å². The van der Waals surface area contributed by atoms with Crippen LogP contribution in [0.2, 0.25) is 0 Å². The molecule has 0 fully saturated rings. The van der Waals surface area contributed by atoms with Crippen molar-refractivity contribution < 1.29 is 0 Å². The molecule has 0 atom stereocenters. The zero-order chi connectivity index (χ0) is 42.1. The first-order valence-electron chi connectivity index (χ1n) is 21.7. The van der Waals surface area contributed by atoms with E-state index in [1.165, 1.54) is 32.4 Å². The van der Waals surface area contributed by atoms with Gasteiger partial charge < -0.3 is 9.13 Å². The van der Waals surface area contributed by atoms with E-state index in [2.05, 4.69) is 228 Å². The van der Waals surface area contributed by atoms with Gasteiger partial charge in [0.15, 0.2) is 17.5 Å². The van der Waals surface area contributed by atoms with Gasteiger partial charge >= 0.3 is 0 Å². The molecule has 0 saturated carbocycles. The first kappa shape index (κ1) is 36.0. The number of rotatable bonds is 6. The van der Waals surface area contributed by atoms with Crippen LogP contribution in [-0.4, -0.2) is 24.1 Å². The van der Waals surface area contributed by atoms with Crippen LogP contribution in [0.3, 0.4) is 0 Å². The topological polar surface area (TPSA) is 48.5 Å².